The molecule has 0 radical (unpaired) electrons. The summed E-state index contributed by atoms with van der Waals surface area (Å²) in [5.74, 6) is 0.177. The summed E-state index contributed by atoms with van der Waals surface area (Å²) in [6, 6.07) is 15.9. The number of benzene rings is 2. The summed E-state index contributed by atoms with van der Waals surface area (Å²) in [5.41, 5.74) is 8.44. The summed E-state index contributed by atoms with van der Waals surface area (Å²) in [7, 11) is 1.62. The molecule has 1 aliphatic heterocycles. The second-order valence-corrected chi connectivity index (χ2v) is 9.39. The Hall–Kier alpha value is -2.48. The third kappa shape index (κ3) is 6.14. The monoisotopic (exact) mass is 470 g/mol. The Labute approximate surface area is 201 Å². The first-order valence-corrected chi connectivity index (χ1v) is 12.2. The summed E-state index contributed by atoms with van der Waals surface area (Å²) in [5, 5.41) is 0. The van der Waals surface area contributed by atoms with Crippen molar-refractivity contribution in [2.45, 2.75) is 68.9 Å². The number of amides is 1. The third-order valence-corrected chi connectivity index (χ3v) is 7.06. The van der Waals surface area contributed by atoms with E-state index in [1.807, 2.05) is 36.4 Å². The highest BCUT2D eigenvalue weighted by Gasteiger charge is 2.43. The van der Waals surface area contributed by atoms with E-state index in [9.17, 15) is 9.18 Å². The van der Waals surface area contributed by atoms with E-state index >= 15 is 0 Å². The standard InChI is InChI=1S/C27H35FN2O4/c1-32-17-23-15-25(29)26(30(23)27(31)34-16-19-6-3-2-4-7-19)18-33-24-12-10-20(11-13-24)21-8-5-9-22(28)14-21/h2-9,14,20,23-26H,10-13,15-18,29H2,1H3/t20-,23-,24+,25-,26-/m0/s1. The molecule has 2 fully saturated rings. The number of carbonyl (C=O) groups excluding carboxylic acids is 1. The number of methoxy groups -OCH3 is 1. The third-order valence-electron chi connectivity index (χ3n) is 7.06. The Morgan fingerprint density at radius 1 is 1.06 bits per heavy atom. The van der Waals surface area contributed by atoms with Crippen LogP contribution in [-0.2, 0) is 20.8 Å². The number of rotatable bonds is 8. The topological polar surface area (TPSA) is 74.0 Å². The van der Waals surface area contributed by atoms with Gasteiger partial charge in [-0.1, -0.05) is 42.5 Å². The molecule has 1 aliphatic carbocycles. The van der Waals surface area contributed by atoms with Gasteiger partial charge in [-0.3, -0.25) is 4.90 Å². The van der Waals surface area contributed by atoms with Gasteiger partial charge in [0.25, 0.3) is 0 Å². The first-order chi connectivity index (χ1) is 16.5. The van der Waals surface area contributed by atoms with E-state index in [-0.39, 0.29) is 42.7 Å². The summed E-state index contributed by atoms with van der Waals surface area (Å²) < 4.78 is 30.8. The molecule has 0 aromatic heterocycles. The zero-order valence-corrected chi connectivity index (χ0v) is 19.8. The van der Waals surface area contributed by atoms with Gasteiger partial charge in [-0.25, -0.2) is 9.18 Å². The molecule has 4 rings (SSSR count). The number of likely N-dealkylation sites (tertiary alicyclic amines) is 1. The van der Waals surface area contributed by atoms with Crippen molar-refractivity contribution >= 4 is 6.09 Å². The van der Waals surface area contributed by atoms with Crippen LogP contribution in [0.4, 0.5) is 9.18 Å². The van der Waals surface area contributed by atoms with Crippen LogP contribution in [0.3, 0.4) is 0 Å². The molecular formula is C27H35FN2O4. The largest absolute Gasteiger partial charge is 0.445 e. The number of ether oxygens (including phenoxy) is 3. The molecule has 34 heavy (non-hydrogen) atoms. The zero-order valence-electron chi connectivity index (χ0n) is 19.8. The lowest BCUT2D eigenvalue weighted by atomic mass is 9.82. The maximum absolute atomic E-state index is 13.6. The number of halogens is 1. The summed E-state index contributed by atoms with van der Waals surface area (Å²) >= 11 is 0. The van der Waals surface area contributed by atoms with Crippen LogP contribution in [0.2, 0.25) is 0 Å². The summed E-state index contributed by atoms with van der Waals surface area (Å²) in [6.07, 6.45) is 4.10. The number of nitrogens with zero attached hydrogens (tertiary/aromatic N) is 1. The molecule has 1 amide bonds. The van der Waals surface area contributed by atoms with Crippen molar-refractivity contribution in [3.63, 3.8) is 0 Å². The molecule has 0 unspecified atom stereocenters. The lowest BCUT2D eigenvalue weighted by Gasteiger charge is -2.33. The Kier molecular flexibility index (Phi) is 8.53. The molecular weight excluding hydrogens is 435 g/mol. The fraction of sp³-hybridized carbons (Fsp3) is 0.519. The average Bonchev–Trinajstić information content (AvgIpc) is 3.17. The number of nitrogens with two attached hydrogens (primary N) is 1. The molecule has 6 nitrogen and oxygen atoms in total. The zero-order chi connectivity index (χ0) is 23.9. The fourth-order valence-corrected chi connectivity index (χ4v) is 5.24. The SMILES string of the molecule is COC[C@@H]1C[C@H](N)[C@H](CO[C@H]2CC[C@@H](c3cccc(F)c3)CC2)N1C(=O)OCc1ccccc1. The van der Waals surface area contributed by atoms with E-state index in [1.165, 1.54) is 6.07 Å². The van der Waals surface area contributed by atoms with Crippen molar-refractivity contribution in [2.75, 3.05) is 20.3 Å². The van der Waals surface area contributed by atoms with Gasteiger partial charge in [0.1, 0.15) is 12.4 Å². The van der Waals surface area contributed by atoms with Gasteiger partial charge < -0.3 is 19.9 Å². The van der Waals surface area contributed by atoms with Gasteiger partial charge in [-0.15, -0.1) is 0 Å². The minimum Gasteiger partial charge on any atom is -0.445 e. The second kappa shape index (κ2) is 11.8. The van der Waals surface area contributed by atoms with E-state index in [0.717, 1.165) is 36.8 Å². The maximum Gasteiger partial charge on any atom is 0.410 e. The van der Waals surface area contributed by atoms with Gasteiger partial charge in [0.15, 0.2) is 0 Å². The fourth-order valence-electron chi connectivity index (χ4n) is 5.24. The second-order valence-electron chi connectivity index (χ2n) is 9.39. The molecule has 1 heterocycles. The first-order valence-electron chi connectivity index (χ1n) is 12.2. The van der Waals surface area contributed by atoms with Crippen molar-refractivity contribution in [3.05, 3.63) is 71.5 Å². The number of carbonyl (C=O) groups is 1. The van der Waals surface area contributed by atoms with Crippen LogP contribution in [0, 0.1) is 5.82 Å². The highest BCUT2D eigenvalue weighted by atomic mass is 19.1. The first kappa shape index (κ1) is 24.6. The Morgan fingerprint density at radius 2 is 1.82 bits per heavy atom. The number of hydrogen-bond donors (Lipinski definition) is 1. The number of hydrogen-bond acceptors (Lipinski definition) is 5. The van der Waals surface area contributed by atoms with Crippen LogP contribution in [0.25, 0.3) is 0 Å². The van der Waals surface area contributed by atoms with Crippen LogP contribution in [-0.4, -0.2) is 55.5 Å². The van der Waals surface area contributed by atoms with E-state index < -0.39 is 0 Å². The van der Waals surface area contributed by atoms with Crippen molar-refractivity contribution in [3.8, 4) is 0 Å². The van der Waals surface area contributed by atoms with Gasteiger partial charge in [-0.2, -0.15) is 0 Å². The molecule has 0 bridgehead atoms. The van der Waals surface area contributed by atoms with E-state index in [4.69, 9.17) is 19.9 Å². The van der Waals surface area contributed by atoms with E-state index in [0.29, 0.717) is 25.6 Å². The maximum atomic E-state index is 13.6. The Morgan fingerprint density at radius 3 is 2.53 bits per heavy atom. The molecule has 2 aliphatic rings. The van der Waals surface area contributed by atoms with Gasteiger partial charge >= 0.3 is 6.09 Å². The Balaban J connectivity index is 1.32. The molecule has 2 aromatic carbocycles. The van der Waals surface area contributed by atoms with Crippen LogP contribution in [0.5, 0.6) is 0 Å². The van der Waals surface area contributed by atoms with Crippen LogP contribution < -0.4 is 5.73 Å². The van der Waals surface area contributed by atoms with Gasteiger partial charge in [0.2, 0.25) is 0 Å². The highest BCUT2D eigenvalue weighted by Crippen LogP contribution is 2.35. The predicted octanol–water partition coefficient (Wildman–Crippen LogP) is 4.62. The molecule has 3 atom stereocenters. The van der Waals surface area contributed by atoms with Crippen molar-refractivity contribution in [1.82, 2.24) is 4.90 Å². The average molecular weight is 471 g/mol. The van der Waals surface area contributed by atoms with Crippen molar-refractivity contribution < 1.29 is 23.4 Å². The van der Waals surface area contributed by atoms with E-state index in [1.54, 1.807) is 24.1 Å². The van der Waals surface area contributed by atoms with Crippen molar-refractivity contribution in [2.24, 2.45) is 5.73 Å². The molecule has 184 valence electrons. The Bertz CT molecular complexity index is 920. The minimum atomic E-state index is -0.387. The summed E-state index contributed by atoms with van der Waals surface area (Å²) in [4.78, 5) is 14.8. The van der Waals surface area contributed by atoms with Gasteiger partial charge in [-0.05, 0) is 61.3 Å². The molecule has 1 saturated carbocycles. The smallest absolute Gasteiger partial charge is 0.410 e. The van der Waals surface area contributed by atoms with Crippen LogP contribution >= 0.6 is 0 Å². The van der Waals surface area contributed by atoms with Crippen LogP contribution in [0.1, 0.15) is 49.1 Å². The quantitative estimate of drug-likeness (QED) is 0.609. The summed E-state index contributed by atoms with van der Waals surface area (Å²) in [6.45, 7) is 0.989. The molecule has 1 saturated heterocycles. The lowest BCUT2D eigenvalue weighted by Crippen LogP contribution is -2.49. The molecule has 2 N–H and O–H groups in total. The molecule has 7 heteroatoms. The lowest BCUT2D eigenvalue weighted by molar-refractivity contribution is -0.0155. The van der Waals surface area contributed by atoms with Gasteiger partial charge in [0, 0.05) is 13.2 Å². The minimum absolute atomic E-state index is 0.112. The van der Waals surface area contributed by atoms with E-state index in [2.05, 4.69) is 0 Å². The molecule has 2 aromatic rings. The highest BCUT2D eigenvalue weighted by molar-refractivity contribution is 5.69. The normalized spacial score (nSPS) is 27.0. The van der Waals surface area contributed by atoms with Gasteiger partial charge in [0.05, 0.1) is 31.4 Å². The van der Waals surface area contributed by atoms with Crippen LogP contribution in [0.15, 0.2) is 54.6 Å². The predicted molar refractivity (Wildman–Crippen MR) is 128 cm³/mol. The van der Waals surface area contributed by atoms with Crippen molar-refractivity contribution in [1.29, 1.82) is 0 Å². The molecule has 0 spiro atoms.